The number of carbonyl (C=O) groups excluding carboxylic acids is 1. The van der Waals surface area contributed by atoms with E-state index in [2.05, 4.69) is 25.9 Å². The molecule has 0 saturated heterocycles. The van der Waals surface area contributed by atoms with E-state index < -0.39 is 10.9 Å². The van der Waals surface area contributed by atoms with Gasteiger partial charge in [0.25, 0.3) is 5.69 Å². The zero-order valence-corrected chi connectivity index (χ0v) is 16.9. The Morgan fingerprint density at radius 2 is 1.72 bits per heavy atom. The van der Waals surface area contributed by atoms with Crippen molar-refractivity contribution in [1.82, 2.24) is 9.78 Å². The van der Waals surface area contributed by atoms with E-state index in [1.165, 1.54) is 16.8 Å². The molecule has 150 valence electrons. The van der Waals surface area contributed by atoms with Crippen LogP contribution in [0.2, 0.25) is 0 Å². The molecule has 0 aliphatic carbocycles. The topological polar surface area (TPSA) is 87.3 Å². The Balaban J connectivity index is 1.88. The number of carbonyl (C=O) groups is 1. The summed E-state index contributed by atoms with van der Waals surface area (Å²) < 4.78 is 7.08. The number of esters is 1. The van der Waals surface area contributed by atoms with E-state index in [0.29, 0.717) is 17.7 Å². The monoisotopic (exact) mass is 393 g/mol. The highest BCUT2D eigenvalue weighted by Gasteiger charge is 2.18. The summed E-state index contributed by atoms with van der Waals surface area (Å²) in [4.78, 5) is 23.0. The van der Waals surface area contributed by atoms with E-state index in [9.17, 15) is 14.9 Å². The molecular weight excluding hydrogens is 370 g/mol. The van der Waals surface area contributed by atoms with Crippen molar-refractivity contribution in [3.63, 3.8) is 0 Å². The summed E-state index contributed by atoms with van der Waals surface area (Å²) >= 11 is 0. The molecule has 1 heterocycles. The van der Waals surface area contributed by atoms with E-state index in [-0.39, 0.29) is 17.0 Å². The van der Waals surface area contributed by atoms with E-state index in [1.54, 1.807) is 30.3 Å². The number of hydrogen-bond acceptors (Lipinski definition) is 5. The molecule has 2 aromatic carbocycles. The number of aromatic nitrogens is 2. The average molecular weight is 393 g/mol. The number of nitro groups is 1. The number of aryl methyl sites for hydroxylation is 1. The van der Waals surface area contributed by atoms with Crippen LogP contribution in [0.1, 0.15) is 49.3 Å². The first kappa shape index (κ1) is 20.3. The van der Waals surface area contributed by atoms with Crippen LogP contribution in [0.5, 0.6) is 5.88 Å². The molecule has 0 saturated carbocycles. The van der Waals surface area contributed by atoms with E-state index in [4.69, 9.17) is 4.74 Å². The Kier molecular flexibility index (Phi) is 5.50. The second kappa shape index (κ2) is 7.87. The predicted molar refractivity (Wildman–Crippen MR) is 110 cm³/mol. The van der Waals surface area contributed by atoms with Gasteiger partial charge in [0, 0.05) is 18.2 Å². The van der Waals surface area contributed by atoms with Crippen molar-refractivity contribution >= 4 is 11.7 Å². The number of ether oxygens (including phenoxy) is 1. The van der Waals surface area contributed by atoms with Crippen molar-refractivity contribution in [2.45, 2.75) is 39.5 Å². The molecule has 0 radical (unpaired) electrons. The van der Waals surface area contributed by atoms with Crippen LogP contribution in [0.3, 0.4) is 0 Å². The van der Waals surface area contributed by atoms with Gasteiger partial charge in [0.1, 0.15) is 0 Å². The van der Waals surface area contributed by atoms with Crippen molar-refractivity contribution in [3.05, 3.63) is 81.5 Å². The number of benzene rings is 2. The van der Waals surface area contributed by atoms with E-state index >= 15 is 0 Å². The van der Waals surface area contributed by atoms with Crippen molar-refractivity contribution < 1.29 is 14.5 Å². The maximum Gasteiger partial charge on any atom is 0.344 e. The van der Waals surface area contributed by atoms with Gasteiger partial charge in [-0.25, -0.2) is 9.48 Å². The van der Waals surface area contributed by atoms with Gasteiger partial charge in [0.2, 0.25) is 5.88 Å². The van der Waals surface area contributed by atoms with Crippen LogP contribution in [0.4, 0.5) is 5.69 Å². The van der Waals surface area contributed by atoms with Gasteiger partial charge < -0.3 is 4.74 Å². The van der Waals surface area contributed by atoms with Gasteiger partial charge in [-0.2, -0.15) is 5.10 Å². The molecule has 0 bridgehead atoms. The zero-order valence-electron chi connectivity index (χ0n) is 16.9. The first-order valence-electron chi connectivity index (χ1n) is 9.35. The summed E-state index contributed by atoms with van der Waals surface area (Å²) in [6.07, 6.45) is 0.658. The molecule has 0 fully saturated rings. The van der Waals surface area contributed by atoms with Crippen LogP contribution in [0.25, 0.3) is 5.69 Å². The number of nitrogens with zero attached hydrogens (tertiary/aromatic N) is 3. The lowest BCUT2D eigenvalue weighted by Gasteiger charge is -2.18. The maximum atomic E-state index is 12.6. The Morgan fingerprint density at radius 3 is 2.24 bits per heavy atom. The lowest BCUT2D eigenvalue weighted by molar-refractivity contribution is -0.384. The Bertz CT molecular complexity index is 1030. The molecule has 7 nitrogen and oxygen atoms in total. The molecule has 3 aromatic rings. The summed E-state index contributed by atoms with van der Waals surface area (Å²) in [6.45, 7) is 8.26. The SMILES string of the molecule is CCc1cc(OC(=O)c2ccc(C(C)(C)C)cc2)n(-c2ccc([N+](=O)[O-])cc2)n1. The molecule has 0 unspecified atom stereocenters. The van der Waals surface area contributed by atoms with Crippen LogP contribution >= 0.6 is 0 Å². The highest BCUT2D eigenvalue weighted by atomic mass is 16.6. The normalized spacial score (nSPS) is 11.3. The standard InChI is InChI=1S/C22H23N3O4/c1-5-17-14-20(24(23-17)18-10-12-19(13-11-18)25(27)28)29-21(26)15-6-8-16(9-7-15)22(2,3)4/h6-14H,5H2,1-4H3. The Morgan fingerprint density at radius 1 is 1.10 bits per heavy atom. The van der Waals surface area contributed by atoms with E-state index in [0.717, 1.165) is 11.3 Å². The molecule has 29 heavy (non-hydrogen) atoms. The summed E-state index contributed by atoms with van der Waals surface area (Å²) in [5.41, 5.74) is 2.85. The molecule has 7 heteroatoms. The highest BCUT2D eigenvalue weighted by molar-refractivity contribution is 5.91. The molecule has 0 atom stereocenters. The first-order valence-corrected chi connectivity index (χ1v) is 9.35. The van der Waals surface area contributed by atoms with Crippen molar-refractivity contribution in [3.8, 4) is 11.6 Å². The largest absolute Gasteiger partial charge is 0.404 e. The molecule has 0 aliphatic rings. The van der Waals surface area contributed by atoms with Crippen LogP contribution in [0.15, 0.2) is 54.6 Å². The molecule has 0 spiro atoms. The summed E-state index contributed by atoms with van der Waals surface area (Å²) in [5, 5.41) is 15.3. The minimum atomic E-state index is -0.490. The first-order chi connectivity index (χ1) is 13.7. The van der Waals surface area contributed by atoms with Gasteiger partial charge in [-0.1, -0.05) is 39.8 Å². The van der Waals surface area contributed by atoms with Crippen LogP contribution in [0, 0.1) is 10.1 Å². The fourth-order valence-corrected chi connectivity index (χ4v) is 2.82. The highest BCUT2D eigenvalue weighted by Crippen LogP contribution is 2.25. The lowest BCUT2D eigenvalue weighted by atomic mass is 9.87. The van der Waals surface area contributed by atoms with Gasteiger partial charge >= 0.3 is 5.97 Å². The minimum Gasteiger partial charge on any atom is -0.404 e. The quantitative estimate of drug-likeness (QED) is 0.351. The molecule has 3 rings (SSSR count). The maximum absolute atomic E-state index is 12.6. The van der Waals surface area contributed by atoms with E-state index in [1.807, 2.05) is 19.1 Å². The fraction of sp³-hybridized carbons (Fsp3) is 0.273. The van der Waals surface area contributed by atoms with Crippen LogP contribution in [-0.2, 0) is 11.8 Å². The van der Waals surface area contributed by atoms with Gasteiger partial charge in [0.05, 0.1) is 21.9 Å². The molecule has 1 aromatic heterocycles. The van der Waals surface area contributed by atoms with Crippen molar-refractivity contribution in [1.29, 1.82) is 0 Å². The van der Waals surface area contributed by atoms with Gasteiger partial charge in [-0.3, -0.25) is 10.1 Å². The zero-order chi connectivity index (χ0) is 21.2. The Hall–Kier alpha value is -3.48. The Labute approximate surface area is 169 Å². The van der Waals surface area contributed by atoms with Crippen LogP contribution in [-0.4, -0.2) is 20.7 Å². The number of hydrogen-bond donors (Lipinski definition) is 0. The third-order valence-electron chi connectivity index (χ3n) is 4.58. The summed E-state index contributed by atoms with van der Waals surface area (Å²) in [5.74, 6) is -0.225. The van der Waals surface area contributed by atoms with Crippen molar-refractivity contribution in [2.24, 2.45) is 0 Å². The summed E-state index contributed by atoms with van der Waals surface area (Å²) in [7, 11) is 0. The van der Waals surface area contributed by atoms with Gasteiger partial charge in [-0.05, 0) is 41.7 Å². The third kappa shape index (κ3) is 4.51. The second-order valence-corrected chi connectivity index (χ2v) is 7.73. The molecular formula is C22H23N3O4. The minimum absolute atomic E-state index is 0.00694. The average Bonchev–Trinajstić information content (AvgIpc) is 3.10. The summed E-state index contributed by atoms with van der Waals surface area (Å²) in [6, 6.07) is 14.9. The molecule has 0 aliphatic heterocycles. The second-order valence-electron chi connectivity index (χ2n) is 7.73. The number of non-ortho nitro benzene ring substituents is 1. The van der Waals surface area contributed by atoms with Gasteiger partial charge in [0.15, 0.2) is 0 Å². The lowest BCUT2D eigenvalue weighted by Crippen LogP contribution is -2.14. The number of rotatable bonds is 5. The molecule has 0 amide bonds. The predicted octanol–water partition coefficient (Wildman–Crippen LogP) is 4.86. The third-order valence-corrected chi connectivity index (χ3v) is 4.58. The smallest absolute Gasteiger partial charge is 0.344 e. The van der Waals surface area contributed by atoms with Crippen LogP contribution < -0.4 is 4.74 Å². The molecule has 0 N–H and O–H groups in total. The van der Waals surface area contributed by atoms with Crippen molar-refractivity contribution in [2.75, 3.05) is 0 Å². The number of nitro benzene ring substituents is 1. The fourth-order valence-electron chi connectivity index (χ4n) is 2.82. The van der Waals surface area contributed by atoms with Gasteiger partial charge in [-0.15, -0.1) is 0 Å².